The molecule has 5 heteroatoms. The molecule has 98 valence electrons. The zero-order valence-electron chi connectivity index (χ0n) is 11.5. The van der Waals surface area contributed by atoms with Gasteiger partial charge in [-0.15, -0.1) is 5.10 Å². The molecule has 5 nitrogen and oxygen atoms in total. The van der Waals surface area contributed by atoms with Gasteiger partial charge in [0.2, 0.25) is 5.89 Å². The van der Waals surface area contributed by atoms with Crippen molar-refractivity contribution < 1.29 is 4.42 Å². The quantitative estimate of drug-likeness (QED) is 0.792. The second kappa shape index (κ2) is 6.59. The Morgan fingerprint density at radius 1 is 1.29 bits per heavy atom. The van der Waals surface area contributed by atoms with E-state index < -0.39 is 0 Å². The number of rotatable bonds is 7. The lowest BCUT2D eigenvalue weighted by molar-refractivity contribution is 0.416. The van der Waals surface area contributed by atoms with Gasteiger partial charge in [0, 0.05) is 13.6 Å². The smallest absolute Gasteiger partial charge is 0.317 e. The molecule has 0 radical (unpaired) electrons. The maximum atomic E-state index is 5.65. The average Bonchev–Trinajstić information content (AvgIpc) is 2.78. The van der Waals surface area contributed by atoms with E-state index in [1.807, 2.05) is 18.9 Å². The third kappa shape index (κ3) is 4.00. The summed E-state index contributed by atoms with van der Waals surface area (Å²) in [6, 6.07) is 0.711. The number of aromatic nitrogens is 2. The van der Waals surface area contributed by atoms with Crippen LogP contribution in [0.2, 0.25) is 0 Å². The van der Waals surface area contributed by atoms with Gasteiger partial charge in [0.05, 0.1) is 6.04 Å². The van der Waals surface area contributed by atoms with Crippen LogP contribution in [0.5, 0.6) is 0 Å². The first kappa shape index (κ1) is 14.0. The lowest BCUT2D eigenvalue weighted by atomic mass is 10.1. The number of nitrogens with zero attached hydrogens (tertiary/aromatic N) is 3. The summed E-state index contributed by atoms with van der Waals surface area (Å²) in [6.45, 7) is 10.3. The number of hydrogen-bond donors (Lipinski definition) is 1. The minimum Gasteiger partial charge on any atom is -0.406 e. The molecule has 0 bridgehead atoms. The zero-order valence-corrected chi connectivity index (χ0v) is 11.5. The highest BCUT2D eigenvalue weighted by Gasteiger charge is 2.16. The van der Waals surface area contributed by atoms with Crippen molar-refractivity contribution in [3.05, 3.63) is 5.89 Å². The van der Waals surface area contributed by atoms with E-state index in [0.29, 0.717) is 17.8 Å². The molecule has 0 fully saturated rings. The molecule has 1 N–H and O–H groups in total. The number of hydrogen-bond acceptors (Lipinski definition) is 5. The van der Waals surface area contributed by atoms with E-state index in [9.17, 15) is 0 Å². The van der Waals surface area contributed by atoms with Crippen LogP contribution in [0.3, 0.4) is 0 Å². The van der Waals surface area contributed by atoms with E-state index >= 15 is 0 Å². The molecule has 0 saturated heterocycles. The van der Waals surface area contributed by atoms with E-state index in [2.05, 4.69) is 36.3 Å². The monoisotopic (exact) mass is 240 g/mol. The first-order valence-electron chi connectivity index (χ1n) is 6.36. The molecule has 0 aromatic carbocycles. The van der Waals surface area contributed by atoms with Crippen molar-refractivity contribution in [3.8, 4) is 0 Å². The number of anilines is 1. The molecule has 1 rings (SSSR count). The summed E-state index contributed by atoms with van der Waals surface area (Å²) in [4.78, 5) is 2.02. The average molecular weight is 240 g/mol. The summed E-state index contributed by atoms with van der Waals surface area (Å²) in [5.74, 6) is 1.28. The van der Waals surface area contributed by atoms with Crippen LogP contribution in [0.15, 0.2) is 4.42 Å². The highest BCUT2D eigenvalue weighted by molar-refractivity contribution is 5.22. The SMILES string of the molecule is CCNC(C)c1nnc(N(C)CC(C)CC)o1. The molecule has 0 aliphatic rings. The van der Waals surface area contributed by atoms with E-state index in [1.54, 1.807) is 0 Å². The van der Waals surface area contributed by atoms with Crippen molar-refractivity contribution >= 4 is 6.01 Å². The summed E-state index contributed by atoms with van der Waals surface area (Å²) < 4.78 is 5.65. The maximum absolute atomic E-state index is 5.65. The molecule has 1 aromatic rings. The first-order chi connectivity index (χ1) is 8.08. The molecule has 1 aromatic heterocycles. The third-order valence-corrected chi connectivity index (χ3v) is 2.92. The van der Waals surface area contributed by atoms with Crippen LogP contribution in [0, 0.1) is 5.92 Å². The van der Waals surface area contributed by atoms with Gasteiger partial charge >= 0.3 is 6.01 Å². The summed E-state index contributed by atoms with van der Waals surface area (Å²) in [5, 5.41) is 11.4. The van der Waals surface area contributed by atoms with Crippen LogP contribution in [-0.4, -0.2) is 30.3 Å². The van der Waals surface area contributed by atoms with Crippen molar-refractivity contribution in [3.63, 3.8) is 0 Å². The first-order valence-corrected chi connectivity index (χ1v) is 6.36. The molecular formula is C12H24N4O. The summed E-state index contributed by atoms with van der Waals surface area (Å²) in [7, 11) is 1.99. The summed E-state index contributed by atoms with van der Waals surface area (Å²) >= 11 is 0. The highest BCUT2D eigenvalue weighted by atomic mass is 16.4. The molecule has 1 heterocycles. The Morgan fingerprint density at radius 2 is 2.00 bits per heavy atom. The zero-order chi connectivity index (χ0) is 12.8. The minimum atomic E-state index is 0.109. The molecule has 0 aliphatic heterocycles. The second-order valence-corrected chi connectivity index (χ2v) is 4.60. The Balaban J connectivity index is 2.60. The van der Waals surface area contributed by atoms with Crippen molar-refractivity contribution in [1.29, 1.82) is 0 Å². The lowest BCUT2D eigenvalue weighted by Gasteiger charge is -2.18. The standard InChI is InChI=1S/C12H24N4O/c1-6-9(3)8-16(5)12-15-14-11(17-12)10(4)13-7-2/h9-10,13H,6-8H2,1-5H3. The van der Waals surface area contributed by atoms with Crippen molar-refractivity contribution in [1.82, 2.24) is 15.5 Å². The fourth-order valence-electron chi connectivity index (χ4n) is 1.62. The molecule has 2 atom stereocenters. The normalized spacial score (nSPS) is 14.6. The van der Waals surface area contributed by atoms with Gasteiger partial charge in [0.1, 0.15) is 0 Å². The predicted octanol–water partition coefficient (Wildman–Crippen LogP) is 2.22. The fraction of sp³-hybridized carbons (Fsp3) is 0.833. The van der Waals surface area contributed by atoms with Gasteiger partial charge in [-0.1, -0.05) is 32.3 Å². The second-order valence-electron chi connectivity index (χ2n) is 4.60. The van der Waals surface area contributed by atoms with Gasteiger partial charge in [0.15, 0.2) is 0 Å². The Kier molecular flexibility index (Phi) is 5.41. The van der Waals surface area contributed by atoms with Crippen molar-refractivity contribution in [2.75, 3.05) is 25.0 Å². The Bertz CT molecular complexity index is 326. The Labute approximate surface area is 104 Å². The van der Waals surface area contributed by atoms with Gasteiger partial charge in [-0.05, 0) is 19.4 Å². The van der Waals surface area contributed by atoms with Crippen LogP contribution in [-0.2, 0) is 0 Å². The van der Waals surface area contributed by atoms with Gasteiger partial charge in [-0.25, -0.2) is 0 Å². The molecule has 0 spiro atoms. The van der Waals surface area contributed by atoms with Crippen LogP contribution in [0.25, 0.3) is 0 Å². The van der Waals surface area contributed by atoms with E-state index in [4.69, 9.17) is 4.42 Å². The summed E-state index contributed by atoms with van der Waals surface area (Å²) in [5.41, 5.74) is 0. The molecule has 17 heavy (non-hydrogen) atoms. The van der Waals surface area contributed by atoms with Crippen LogP contribution < -0.4 is 10.2 Å². The minimum absolute atomic E-state index is 0.109. The maximum Gasteiger partial charge on any atom is 0.317 e. The molecule has 0 aliphatic carbocycles. The third-order valence-electron chi connectivity index (χ3n) is 2.92. The van der Waals surface area contributed by atoms with E-state index in [-0.39, 0.29) is 6.04 Å². The summed E-state index contributed by atoms with van der Waals surface area (Å²) in [6.07, 6.45) is 1.15. The molecule has 2 unspecified atom stereocenters. The van der Waals surface area contributed by atoms with Gasteiger partial charge in [0.25, 0.3) is 0 Å². The molecule has 0 saturated carbocycles. The van der Waals surface area contributed by atoms with Gasteiger partial charge in [-0.3, -0.25) is 0 Å². The fourth-order valence-corrected chi connectivity index (χ4v) is 1.62. The largest absolute Gasteiger partial charge is 0.406 e. The van der Waals surface area contributed by atoms with Gasteiger partial charge in [-0.2, -0.15) is 0 Å². The Morgan fingerprint density at radius 3 is 2.59 bits per heavy atom. The van der Waals surface area contributed by atoms with Crippen LogP contribution in [0.4, 0.5) is 6.01 Å². The molecular weight excluding hydrogens is 216 g/mol. The van der Waals surface area contributed by atoms with E-state index in [0.717, 1.165) is 19.5 Å². The van der Waals surface area contributed by atoms with Crippen LogP contribution >= 0.6 is 0 Å². The predicted molar refractivity (Wildman–Crippen MR) is 69.1 cm³/mol. The van der Waals surface area contributed by atoms with Crippen molar-refractivity contribution in [2.45, 2.75) is 40.2 Å². The van der Waals surface area contributed by atoms with Gasteiger partial charge < -0.3 is 14.6 Å². The topological polar surface area (TPSA) is 54.2 Å². The highest BCUT2D eigenvalue weighted by Crippen LogP contribution is 2.17. The lowest BCUT2D eigenvalue weighted by Crippen LogP contribution is -2.23. The number of nitrogens with one attached hydrogen (secondary N) is 1. The molecule has 0 amide bonds. The van der Waals surface area contributed by atoms with E-state index in [1.165, 1.54) is 0 Å². The Hall–Kier alpha value is -1.10. The van der Waals surface area contributed by atoms with Crippen LogP contribution in [0.1, 0.15) is 46.0 Å². The van der Waals surface area contributed by atoms with Crippen molar-refractivity contribution in [2.24, 2.45) is 5.92 Å².